The van der Waals surface area contributed by atoms with Gasteiger partial charge in [-0.25, -0.2) is 0 Å². The molecule has 0 aliphatic carbocycles. The van der Waals surface area contributed by atoms with Crippen LogP contribution in [-0.4, -0.2) is 27.9 Å². The van der Waals surface area contributed by atoms with Gasteiger partial charge in [0.05, 0.1) is 11.8 Å². The van der Waals surface area contributed by atoms with Crippen LogP contribution >= 0.6 is 15.9 Å². The Morgan fingerprint density at radius 1 is 1.69 bits per heavy atom. The summed E-state index contributed by atoms with van der Waals surface area (Å²) < 4.78 is 0. The van der Waals surface area contributed by atoms with Gasteiger partial charge in [0.2, 0.25) is 0 Å². The number of nitrogens with one attached hydrogen (secondary N) is 1. The summed E-state index contributed by atoms with van der Waals surface area (Å²) in [5.74, 6) is -0.395. The van der Waals surface area contributed by atoms with Gasteiger partial charge in [-0.15, -0.1) is 0 Å². The maximum Gasteiger partial charge on any atom is 0.255 e. The summed E-state index contributed by atoms with van der Waals surface area (Å²) in [5.41, 5.74) is 0.246. The van der Waals surface area contributed by atoms with Gasteiger partial charge in [-0.2, -0.15) is 0 Å². The zero-order valence-corrected chi connectivity index (χ0v) is 8.41. The van der Waals surface area contributed by atoms with Gasteiger partial charge in [0.15, 0.2) is 0 Å². The Balaban J connectivity index is 2.71. The van der Waals surface area contributed by atoms with Crippen LogP contribution in [0.2, 0.25) is 0 Å². The topological polar surface area (TPSA) is 62.2 Å². The molecule has 0 atom stereocenters. The first-order valence-corrected chi connectivity index (χ1v) is 4.85. The van der Waals surface area contributed by atoms with E-state index in [1.807, 2.05) is 0 Å². The maximum atomic E-state index is 11.3. The van der Waals surface area contributed by atoms with Gasteiger partial charge < -0.3 is 10.4 Å². The Hall–Kier alpha value is -1.10. The van der Waals surface area contributed by atoms with Crippen molar-refractivity contribution in [1.29, 1.82) is 0 Å². The molecule has 0 saturated heterocycles. The van der Waals surface area contributed by atoms with Gasteiger partial charge >= 0.3 is 0 Å². The summed E-state index contributed by atoms with van der Waals surface area (Å²) in [6.07, 6.45) is 2.70. The van der Waals surface area contributed by atoms with E-state index in [1.165, 1.54) is 18.5 Å². The molecule has 0 unspecified atom stereocenters. The lowest BCUT2D eigenvalue weighted by Crippen LogP contribution is -2.25. The number of pyridine rings is 1. The minimum atomic E-state index is -0.292. The van der Waals surface area contributed by atoms with Crippen molar-refractivity contribution in [3.05, 3.63) is 24.0 Å². The van der Waals surface area contributed by atoms with Gasteiger partial charge in [0.1, 0.15) is 5.75 Å². The number of amides is 1. The van der Waals surface area contributed by atoms with E-state index in [9.17, 15) is 9.90 Å². The number of aromatic hydroxyl groups is 1. The number of carbonyl (C=O) groups is 1. The lowest BCUT2D eigenvalue weighted by atomic mass is 10.2. The number of alkyl halides is 1. The number of hydrogen-bond acceptors (Lipinski definition) is 3. The molecule has 0 aliphatic rings. The molecule has 5 heteroatoms. The highest BCUT2D eigenvalue weighted by Gasteiger charge is 2.08. The average Bonchev–Trinajstić information content (AvgIpc) is 2.15. The van der Waals surface area contributed by atoms with Crippen molar-refractivity contribution in [2.24, 2.45) is 0 Å². The van der Waals surface area contributed by atoms with Crippen molar-refractivity contribution >= 4 is 21.8 Å². The van der Waals surface area contributed by atoms with Crippen molar-refractivity contribution in [3.8, 4) is 5.75 Å². The van der Waals surface area contributed by atoms with E-state index in [-0.39, 0.29) is 17.2 Å². The SMILES string of the molecule is O=C(NCCBr)c1ccncc1O. The molecular weight excluding hydrogens is 236 g/mol. The van der Waals surface area contributed by atoms with E-state index in [4.69, 9.17) is 0 Å². The summed E-state index contributed by atoms with van der Waals surface area (Å²) in [7, 11) is 0. The molecule has 1 amide bonds. The Labute approximate surface area is 84.1 Å². The van der Waals surface area contributed by atoms with Crippen LogP contribution in [0, 0.1) is 0 Å². The lowest BCUT2D eigenvalue weighted by Gasteiger charge is -2.03. The van der Waals surface area contributed by atoms with Crippen LogP contribution < -0.4 is 5.32 Å². The van der Waals surface area contributed by atoms with Gasteiger partial charge in [-0.1, -0.05) is 15.9 Å². The molecule has 13 heavy (non-hydrogen) atoms. The second-order valence-electron chi connectivity index (χ2n) is 2.34. The quantitative estimate of drug-likeness (QED) is 0.778. The molecule has 70 valence electrons. The summed E-state index contributed by atoms with van der Waals surface area (Å²) in [6, 6.07) is 1.47. The molecule has 0 bridgehead atoms. The van der Waals surface area contributed by atoms with E-state index in [0.29, 0.717) is 11.9 Å². The van der Waals surface area contributed by atoms with Crippen LogP contribution in [0.3, 0.4) is 0 Å². The minimum Gasteiger partial charge on any atom is -0.505 e. The van der Waals surface area contributed by atoms with Gasteiger partial charge in [0.25, 0.3) is 5.91 Å². The minimum absolute atomic E-state index is 0.102. The fraction of sp³-hybridized carbons (Fsp3) is 0.250. The summed E-state index contributed by atoms with van der Waals surface area (Å²) >= 11 is 3.18. The van der Waals surface area contributed by atoms with Crippen molar-refractivity contribution in [1.82, 2.24) is 10.3 Å². The van der Waals surface area contributed by atoms with Crippen LogP contribution in [0.4, 0.5) is 0 Å². The second-order valence-corrected chi connectivity index (χ2v) is 3.13. The molecule has 0 saturated carbocycles. The highest BCUT2D eigenvalue weighted by atomic mass is 79.9. The molecule has 1 aromatic rings. The molecule has 1 aromatic heterocycles. The molecule has 0 aliphatic heterocycles. The van der Waals surface area contributed by atoms with Crippen LogP contribution in [0.25, 0.3) is 0 Å². The highest BCUT2D eigenvalue weighted by Crippen LogP contribution is 2.12. The zero-order valence-electron chi connectivity index (χ0n) is 6.83. The maximum absolute atomic E-state index is 11.3. The largest absolute Gasteiger partial charge is 0.505 e. The Morgan fingerprint density at radius 2 is 2.46 bits per heavy atom. The first kappa shape index (κ1) is 9.98. The fourth-order valence-electron chi connectivity index (χ4n) is 0.834. The van der Waals surface area contributed by atoms with E-state index < -0.39 is 0 Å². The molecule has 1 rings (SSSR count). The monoisotopic (exact) mass is 244 g/mol. The number of carbonyl (C=O) groups excluding carboxylic acids is 1. The standard InChI is InChI=1S/C8H9BrN2O2/c9-2-4-11-8(13)6-1-3-10-5-7(6)12/h1,3,5,12H,2,4H2,(H,11,13). The molecule has 4 nitrogen and oxygen atoms in total. The number of aromatic nitrogens is 1. The normalized spacial score (nSPS) is 9.62. The third-order valence-corrected chi connectivity index (χ3v) is 1.82. The van der Waals surface area contributed by atoms with Crippen LogP contribution in [0.1, 0.15) is 10.4 Å². The highest BCUT2D eigenvalue weighted by molar-refractivity contribution is 9.09. The summed E-state index contributed by atoms with van der Waals surface area (Å²) in [6.45, 7) is 0.528. The van der Waals surface area contributed by atoms with E-state index >= 15 is 0 Å². The Morgan fingerprint density at radius 3 is 3.08 bits per heavy atom. The van der Waals surface area contributed by atoms with E-state index in [2.05, 4.69) is 26.2 Å². The van der Waals surface area contributed by atoms with E-state index in [1.54, 1.807) is 0 Å². The third-order valence-electron chi connectivity index (χ3n) is 1.42. The first-order valence-electron chi connectivity index (χ1n) is 3.73. The van der Waals surface area contributed by atoms with E-state index in [0.717, 1.165) is 0 Å². The smallest absolute Gasteiger partial charge is 0.255 e. The molecule has 0 aromatic carbocycles. The predicted octanol–water partition coefficient (Wildman–Crippen LogP) is 0.912. The third kappa shape index (κ3) is 2.69. The number of hydrogen-bond donors (Lipinski definition) is 2. The van der Waals surface area contributed by atoms with Crippen LogP contribution in [0.5, 0.6) is 5.75 Å². The molecular formula is C8H9BrN2O2. The average molecular weight is 245 g/mol. The fourth-order valence-corrected chi connectivity index (χ4v) is 1.03. The van der Waals surface area contributed by atoms with Gasteiger partial charge in [0, 0.05) is 18.1 Å². The molecule has 1 heterocycles. The number of nitrogens with zero attached hydrogens (tertiary/aromatic N) is 1. The van der Waals surface area contributed by atoms with Crippen molar-refractivity contribution in [2.45, 2.75) is 0 Å². The molecule has 0 fully saturated rings. The predicted molar refractivity (Wildman–Crippen MR) is 52.0 cm³/mol. The van der Waals surface area contributed by atoms with Crippen LogP contribution in [0.15, 0.2) is 18.5 Å². The zero-order chi connectivity index (χ0) is 9.68. The van der Waals surface area contributed by atoms with Gasteiger partial charge in [-0.05, 0) is 6.07 Å². The molecule has 2 N–H and O–H groups in total. The molecule has 0 radical (unpaired) electrons. The number of rotatable bonds is 3. The lowest BCUT2D eigenvalue weighted by molar-refractivity contribution is 0.0953. The molecule has 0 spiro atoms. The Bertz CT molecular complexity index is 304. The van der Waals surface area contributed by atoms with Crippen molar-refractivity contribution in [3.63, 3.8) is 0 Å². The Kier molecular flexibility index (Phi) is 3.70. The van der Waals surface area contributed by atoms with Gasteiger partial charge in [-0.3, -0.25) is 9.78 Å². The summed E-state index contributed by atoms with van der Waals surface area (Å²) in [5, 5.41) is 12.5. The number of halogens is 1. The van der Waals surface area contributed by atoms with Crippen LogP contribution in [-0.2, 0) is 0 Å². The van der Waals surface area contributed by atoms with Crippen molar-refractivity contribution in [2.75, 3.05) is 11.9 Å². The first-order chi connectivity index (χ1) is 6.25. The summed E-state index contributed by atoms with van der Waals surface area (Å²) in [4.78, 5) is 15.0. The second kappa shape index (κ2) is 4.81. The van der Waals surface area contributed by atoms with Crippen molar-refractivity contribution < 1.29 is 9.90 Å².